The molecule has 0 saturated carbocycles. The number of piperazine rings is 1. The minimum Gasteiger partial charge on any atom is -0.378 e. The molecule has 0 spiro atoms. The first-order valence-corrected chi connectivity index (χ1v) is 9.78. The van der Waals surface area contributed by atoms with E-state index in [2.05, 4.69) is 19.8 Å². The summed E-state index contributed by atoms with van der Waals surface area (Å²) < 4.78 is 43.5. The zero-order valence-electron chi connectivity index (χ0n) is 16.3. The first-order chi connectivity index (χ1) is 14.4. The molecule has 3 heterocycles. The number of carbonyl (C=O) groups excluding carboxylic acids is 1. The second kappa shape index (κ2) is 8.47. The Labute approximate surface area is 172 Å². The van der Waals surface area contributed by atoms with E-state index in [1.165, 1.54) is 12.1 Å². The molecule has 1 amide bonds. The van der Waals surface area contributed by atoms with Crippen LogP contribution in [0.1, 0.15) is 15.9 Å². The quantitative estimate of drug-likeness (QED) is 0.758. The lowest BCUT2D eigenvalue weighted by atomic mass is 10.1. The van der Waals surface area contributed by atoms with Crippen molar-refractivity contribution >= 4 is 17.5 Å². The third-order valence-corrected chi connectivity index (χ3v) is 5.32. The lowest BCUT2D eigenvalue weighted by molar-refractivity contribution is -0.137. The van der Waals surface area contributed by atoms with E-state index in [-0.39, 0.29) is 11.5 Å². The van der Waals surface area contributed by atoms with Crippen LogP contribution in [0.25, 0.3) is 0 Å². The van der Waals surface area contributed by atoms with Crippen molar-refractivity contribution in [2.45, 2.75) is 6.18 Å². The summed E-state index contributed by atoms with van der Waals surface area (Å²) >= 11 is 0. The zero-order valence-corrected chi connectivity index (χ0v) is 16.3. The number of anilines is 2. The first kappa shape index (κ1) is 20.4. The smallest absolute Gasteiger partial charge is 0.378 e. The van der Waals surface area contributed by atoms with Crippen LogP contribution in [0.5, 0.6) is 0 Å². The van der Waals surface area contributed by atoms with Gasteiger partial charge in [-0.15, -0.1) is 0 Å². The molecule has 0 N–H and O–H groups in total. The molecule has 10 heteroatoms. The van der Waals surface area contributed by atoms with Gasteiger partial charge in [-0.25, -0.2) is 9.97 Å². The number of morpholine rings is 1. The number of alkyl halides is 3. The van der Waals surface area contributed by atoms with Gasteiger partial charge in [0.05, 0.1) is 18.8 Å². The Kier molecular flexibility index (Phi) is 5.76. The Bertz CT molecular complexity index is 877. The second-order valence-electron chi connectivity index (χ2n) is 7.19. The maximum atomic E-state index is 12.7. The van der Waals surface area contributed by atoms with E-state index in [4.69, 9.17) is 4.74 Å². The molecule has 4 rings (SSSR count). The monoisotopic (exact) mass is 421 g/mol. The Balaban J connectivity index is 1.37. The van der Waals surface area contributed by atoms with Crippen molar-refractivity contribution in [2.75, 3.05) is 62.3 Å². The molecular weight excluding hydrogens is 399 g/mol. The normalized spacial score (nSPS) is 17.9. The van der Waals surface area contributed by atoms with Crippen LogP contribution in [-0.2, 0) is 10.9 Å². The van der Waals surface area contributed by atoms with E-state index in [0.29, 0.717) is 39.4 Å². The van der Waals surface area contributed by atoms with Gasteiger partial charge in [0.15, 0.2) is 0 Å². The molecule has 7 nitrogen and oxygen atoms in total. The Morgan fingerprint density at radius 1 is 0.867 bits per heavy atom. The largest absolute Gasteiger partial charge is 0.416 e. The molecule has 160 valence electrons. The van der Waals surface area contributed by atoms with E-state index in [1.54, 1.807) is 11.2 Å². The maximum absolute atomic E-state index is 12.7. The summed E-state index contributed by atoms with van der Waals surface area (Å²) in [5.74, 6) is 1.39. The maximum Gasteiger partial charge on any atom is 0.416 e. The molecule has 0 radical (unpaired) electrons. The number of rotatable bonds is 3. The van der Waals surface area contributed by atoms with Gasteiger partial charge in [0.2, 0.25) is 0 Å². The van der Waals surface area contributed by atoms with Gasteiger partial charge < -0.3 is 19.4 Å². The fraction of sp³-hybridized carbons (Fsp3) is 0.450. The van der Waals surface area contributed by atoms with Crippen molar-refractivity contribution in [1.29, 1.82) is 0 Å². The fourth-order valence-corrected chi connectivity index (χ4v) is 3.60. The van der Waals surface area contributed by atoms with E-state index in [9.17, 15) is 18.0 Å². The van der Waals surface area contributed by atoms with Gasteiger partial charge >= 0.3 is 6.18 Å². The SMILES string of the molecule is O=C(c1ccc(C(F)(F)F)cc1)N1CCN(c2cc(N3CCOCC3)ncn2)CC1. The number of halogens is 3. The Morgan fingerprint density at radius 2 is 1.43 bits per heavy atom. The van der Waals surface area contributed by atoms with Gasteiger partial charge in [-0.1, -0.05) is 0 Å². The second-order valence-corrected chi connectivity index (χ2v) is 7.19. The van der Waals surface area contributed by atoms with Gasteiger partial charge in [-0.3, -0.25) is 4.79 Å². The first-order valence-electron chi connectivity index (χ1n) is 9.78. The molecule has 0 bridgehead atoms. The summed E-state index contributed by atoms with van der Waals surface area (Å²) in [6, 6.07) is 6.29. The van der Waals surface area contributed by atoms with Gasteiger partial charge in [0.1, 0.15) is 18.0 Å². The predicted octanol–water partition coefficient (Wildman–Crippen LogP) is 2.29. The predicted molar refractivity (Wildman–Crippen MR) is 105 cm³/mol. The number of hydrogen-bond acceptors (Lipinski definition) is 6. The molecule has 0 atom stereocenters. The van der Waals surface area contributed by atoms with Crippen LogP contribution < -0.4 is 9.80 Å². The van der Waals surface area contributed by atoms with Crippen molar-refractivity contribution in [1.82, 2.24) is 14.9 Å². The Hall–Kier alpha value is -2.88. The topological polar surface area (TPSA) is 61.8 Å². The number of amides is 1. The van der Waals surface area contributed by atoms with E-state index in [0.717, 1.165) is 36.9 Å². The average Bonchev–Trinajstić information content (AvgIpc) is 2.79. The van der Waals surface area contributed by atoms with Gasteiger partial charge in [-0.05, 0) is 24.3 Å². The van der Waals surface area contributed by atoms with Crippen LogP contribution >= 0.6 is 0 Å². The zero-order chi connectivity index (χ0) is 21.1. The number of carbonyl (C=O) groups is 1. The lowest BCUT2D eigenvalue weighted by Crippen LogP contribution is -2.49. The average molecular weight is 421 g/mol. The highest BCUT2D eigenvalue weighted by Crippen LogP contribution is 2.29. The summed E-state index contributed by atoms with van der Waals surface area (Å²) in [6.07, 6.45) is -2.87. The summed E-state index contributed by atoms with van der Waals surface area (Å²) in [5.41, 5.74) is -0.503. The number of ether oxygens (including phenoxy) is 1. The molecule has 1 aromatic heterocycles. The fourth-order valence-electron chi connectivity index (χ4n) is 3.60. The molecule has 2 aromatic rings. The molecule has 2 saturated heterocycles. The molecule has 1 aromatic carbocycles. The van der Waals surface area contributed by atoms with Crippen LogP contribution in [-0.4, -0.2) is 73.3 Å². The number of nitrogens with zero attached hydrogens (tertiary/aromatic N) is 5. The van der Waals surface area contributed by atoms with E-state index >= 15 is 0 Å². The van der Waals surface area contributed by atoms with Crippen LogP contribution in [0.4, 0.5) is 24.8 Å². The molecular formula is C20H22F3N5O2. The standard InChI is InChI=1S/C20H22F3N5O2/c21-20(22,23)16-3-1-15(2-4-16)19(29)28-7-5-26(6-8-28)17-13-18(25-14-24-17)27-9-11-30-12-10-27/h1-4,13-14H,5-12H2. The third-order valence-electron chi connectivity index (χ3n) is 5.32. The molecule has 0 unspecified atom stereocenters. The summed E-state index contributed by atoms with van der Waals surface area (Å²) in [6.45, 7) is 5.03. The molecule has 2 aliphatic heterocycles. The van der Waals surface area contributed by atoms with Crippen molar-refractivity contribution < 1.29 is 22.7 Å². The van der Waals surface area contributed by atoms with Gasteiger partial charge in [-0.2, -0.15) is 13.2 Å². The Morgan fingerprint density at radius 3 is 2.00 bits per heavy atom. The molecule has 0 aliphatic carbocycles. The van der Waals surface area contributed by atoms with Gasteiger partial charge in [0, 0.05) is 50.9 Å². The van der Waals surface area contributed by atoms with E-state index < -0.39 is 11.7 Å². The highest BCUT2D eigenvalue weighted by atomic mass is 19.4. The third kappa shape index (κ3) is 4.48. The highest BCUT2D eigenvalue weighted by Gasteiger charge is 2.31. The number of hydrogen-bond donors (Lipinski definition) is 0. The van der Waals surface area contributed by atoms with Crippen molar-refractivity contribution in [3.05, 3.63) is 47.8 Å². The number of benzene rings is 1. The van der Waals surface area contributed by atoms with Crippen molar-refractivity contribution in [3.8, 4) is 0 Å². The lowest BCUT2D eigenvalue weighted by Gasteiger charge is -2.36. The summed E-state index contributed by atoms with van der Waals surface area (Å²) in [5, 5.41) is 0. The summed E-state index contributed by atoms with van der Waals surface area (Å²) in [4.78, 5) is 27.3. The van der Waals surface area contributed by atoms with E-state index in [1.807, 2.05) is 6.07 Å². The van der Waals surface area contributed by atoms with Crippen LogP contribution in [0.15, 0.2) is 36.7 Å². The molecule has 30 heavy (non-hydrogen) atoms. The van der Waals surface area contributed by atoms with Crippen LogP contribution in [0, 0.1) is 0 Å². The summed E-state index contributed by atoms with van der Waals surface area (Å²) in [7, 11) is 0. The van der Waals surface area contributed by atoms with Crippen LogP contribution in [0.3, 0.4) is 0 Å². The van der Waals surface area contributed by atoms with Gasteiger partial charge in [0.25, 0.3) is 5.91 Å². The molecule has 2 fully saturated rings. The minimum atomic E-state index is -4.41. The van der Waals surface area contributed by atoms with Crippen molar-refractivity contribution in [2.24, 2.45) is 0 Å². The highest BCUT2D eigenvalue weighted by molar-refractivity contribution is 5.94. The molecule has 2 aliphatic rings. The number of aromatic nitrogens is 2. The van der Waals surface area contributed by atoms with Crippen LogP contribution in [0.2, 0.25) is 0 Å². The van der Waals surface area contributed by atoms with Crippen molar-refractivity contribution in [3.63, 3.8) is 0 Å². The minimum absolute atomic E-state index is 0.257.